The lowest BCUT2D eigenvalue weighted by molar-refractivity contribution is -0.147. The number of carbonyl (C=O) groups excluding carboxylic acids is 1. The Morgan fingerprint density at radius 1 is 1.18 bits per heavy atom. The van der Waals surface area contributed by atoms with Gasteiger partial charge in [0.2, 0.25) is 0 Å². The summed E-state index contributed by atoms with van der Waals surface area (Å²) in [5, 5.41) is 0. The smallest absolute Gasteiger partial charge is 0.311 e. The summed E-state index contributed by atoms with van der Waals surface area (Å²) in [6.45, 7) is 7.34. The highest BCUT2D eigenvalue weighted by atomic mass is 16.6. The average Bonchev–Trinajstić information content (AvgIpc) is 2.79. The Hall–Kier alpha value is -1.35. The first-order valence-electron chi connectivity index (χ1n) is 8.53. The van der Waals surface area contributed by atoms with E-state index < -0.39 is 0 Å². The molecule has 0 aromatic heterocycles. The van der Waals surface area contributed by atoms with E-state index >= 15 is 0 Å². The fraction of sp³-hybridized carbons (Fsp3) is 0.632. The molecule has 3 heteroatoms. The van der Waals surface area contributed by atoms with Gasteiger partial charge < -0.3 is 9.64 Å². The van der Waals surface area contributed by atoms with Crippen LogP contribution in [0, 0.1) is 5.41 Å². The minimum atomic E-state index is -0.287. The van der Waals surface area contributed by atoms with Crippen LogP contribution in [0.1, 0.15) is 51.0 Å². The van der Waals surface area contributed by atoms with Crippen LogP contribution in [-0.4, -0.2) is 36.6 Å². The van der Waals surface area contributed by atoms with Gasteiger partial charge in [0.05, 0.1) is 5.41 Å². The second-order valence-electron chi connectivity index (χ2n) is 7.43. The average molecular weight is 301 g/mol. The van der Waals surface area contributed by atoms with E-state index in [0.717, 1.165) is 32.5 Å². The molecule has 2 aliphatic heterocycles. The van der Waals surface area contributed by atoms with Crippen LogP contribution >= 0.6 is 0 Å². The number of carbonyl (C=O) groups is 1. The molecule has 0 bridgehead atoms. The molecule has 1 aromatic rings. The molecule has 0 saturated carbocycles. The molecule has 2 saturated heterocycles. The standard InChI is InChI=1S/C19H27NO2/c1-19(2)14-17(22-18(19)21)10-13-20-11-8-16(9-12-20)15-6-4-3-5-7-15/h3-7,16-17H,8-14H2,1-2H3/t17-/m0/s1. The fourth-order valence-electron chi connectivity index (χ4n) is 3.71. The van der Waals surface area contributed by atoms with Crippen LogP contribution in [0.15, 0.2) is 30.3 Å². The number of esters is 1. The van der Waals surface area contributed by atoms with Crippen molar-refractivity contribution in [2.75, 3.05) is 19.6 Å². The van der Waals surface area contributed by atoms with Crippen LogP contribution in [0.4, 0.5) is 0 Å². The van der Waals surface area contributed by atoms with Crippen LogP contribution in [-0.2, 0) is 9.53 Å². The predicted octanol–water partition coefficient (Wildman–Crippen LogP) is 3.60. The first kappa shape index (κ1) is 15.5. The molecule has 2 heterocycles. The number of nitrogens with zero attached hydrogens (tertiary/aromatic N) is 1. The SMILES string of the molecule is CC1(C)C[C@H](CCN2CCC(c3ccccc3)CC2)OC1=O. The highest BCUT2D eigenvalue weighted by Crippen LogP contribution is 2.34. The van der Waals surface area contributed by atoms with Gasteiger partial charge in [-0.15, -0.1) is 0 Å². The topological polar surface area (TPSA) is 29.5 Å². The molecule has 0 amide bonds. The van der Waals surface area contributed by atoms with Gasteiger partial charge >= 0.3 is 5.97 Å². The van der Waals surface area contributed by atoms with Gasteiger partial charge in [-0.1, -0.05) is 30.3 Å². The zero-order valence-corrected chi connectivity index (χ0v) is 13.8. The Kier molecular flexibility index (Phi) is 4.53. The second-order valence-corrected chi connectivity index (χ2v) is 7.43. The van der Waals surface area contributed by atoms with Crippen LogP contribution in [0.3, 0.4) is 0 Å². The first-order chi connectivity index (χ1) is 10.5. The molecule has 1 atom stereocenters. The van der Waals surface area contributed by atoms with Crippen molar-refractivity contribution in [3.05, 3.63) is 35.9 Å². The van der Waals surface area contributed by atoms with Crippen molar-refractivity contribution in [1.82, 2.24) is 4.90 Å². The highest BCUT2D eigenvalue weighted by molar-refractivity contribution is 5.78. The van der Waals surface area contributed by atoms with Gasteiger partial charge in [0, 0.05) is 6.54 Å². The lowest BCUT2D eigenvalue weighted by atomic mass is 9.88. The quantitative estimate of drug-likeness (QED) is 0.796. The summed E-state index contributed by atoms with van der Waals surface area (Å²) in [5.74, 6) is 0.681. The molecule has 22 heavy (non-hydrogen) atoms. The number of benzene rings is 1. The number of hydrogen-bond donors (Lipinski definition) is 0. The van der Waals surface area contributed by atoms with Gasteiger partial charge in [-0.25, -0.2) is 0 Å². The van der Waals surface area contributed by atoms with Gasteiger partial charge in [0.15, 0.2) is 0 Å². The molecular formula is C19H27NO2. The van der Waals surface area contributed by atoms with E-state index in [0.29, 0.717) is 5.92 Å². The third-order valence-electron chi connectivity index (χ3n) is 5.19. The number of piperidine rings is 1. The molecule has 0 unspecified atom stereocenters. The van der Waals surface area contributed by atoms with Crippen LogP contribution in [0.25, 0.3) is 0 Å². The van der Waals surface area contributed by atoms with Crippen LogP contribution in [0.5, 0.6) is 0 Å². The molecular weight excluding hydrogens is 274 g/mol. The Morgan fingerprint density at radius 3 is 2.45 bits per heavy atom. The molecule has 0 radical (unpaired) electrons. The van der Waals surface area contributed by atoms with Gasteiger partial charge in [0.25, 0.3) is 0 Å². The van der Waals surface area contributed by atoms with E-state index in [1.54, 1.807) is 0 Å². The molecule has 1 aromatic carbocycles. The Balaban J connectivity index is 1.42. The van der Waals surface area contributed by atoms with Crippen molar-refractivity contribution in [2.45, 2.75) is 51.6 Å². The van der Waals surface area contributed by atoms with Crippen molar-refractivity contribution in [3.63, 3.8) is 0 Å². The van der Waals surface area contributed by atoms with Crippen LogP contribution in [0.2, 0.25) is 0 Å². The summed E-state index contributed by atoms with van der Waals surface area (Å²) in [7, 11) is 0. The third kappa shape index (κ3) is 3.52. The predicted molar refractivity (Wildman–Crippen MR) is 87.8 cm³/mol. The largest absolute Gasteiger partial charge is 0.462 e. The fourth-order valence-corrected chi connectivity index (χ4v) is 3.71. The monoisotopic (exact) mass is 301 g/mol. The Labute approximate surface area is 133 Å². The van der Waals surface area contributed by atoms with Crippen molar-refractivity contribution < 1.29 is 9.53 Å². The molecule has 0 N–H and O–H groups in total. The van der Waals surface area contributed by atoms with Gasteiger partial charge in [-0.2, -0.15) is 0 Å². The van der Waals surface area contributed by atoms with Crippen LogP contribution < -0.4 is 0 Å². The minimum absolute atomic E-state index is 0.0275. The van der Waals surface area contributed by atoms with Crippen molar-refractivity contribution in [2.24, 2.45) is 5.41 Å². The lowest BCUT2D eigenvalue weighted by Gasteiger charge is -2.32. The normalized spacial score (nSPS) is 26.1. The molecule has 3 rings (SSSR count). The van der Waals surface area contributed by atoms with Crippen molar-refractivity contribution in [1.29, 1.82) is 0 Å². The minimum Gasteiger partial charge on any atom is -0.462 e. The first-order valence-corrected chi connectivity index (χ1v) is 8.53. The summed E-state index contributed by atoms with van der Waals surface area (Å²) in [5.41, 5.74) is 1.19. The lowest BCUT2D eigenvalue weighted by Crippen LogP contribution is -2.35. The molecule has 3 nitrogen and oxygen atoms in total. The van der Waals surface area contributed by atoms with E-state index in [4.69, 9.17) is 4.74 Å². The van der Waals surface area contributed by atoms with Gasteiger partial charge in [-0.3, -0.25) is 4.79 Å². The number of likely N-dealkylation sites (tertiary alicyclic amines) is 1. The summed E-state index contributed by atoms with van der Waals surface area (Å²) in [6.07, 6.45) is 4.44. The molecule has 2 fully saturated rings. The van der Waals surface area contributed by atoms with E-state index in [9.17, 15) is 4.79 Å². The van der Waals surface area contributed by atoms with Crippen molar-refractivity contribution >= 4 is 5.97 Å². The van der Waals surface area contributed by atoms with E-state index in [-0.39, 0.29) is 17.5 Å². The maximum absolute atomic E-state index is 11.7. The molecule has 2 aliphatic rings. The molecule has 0 spiro atoms. The summed E-state index contributed by atoms with van der Waals surface area (Å²) in [6, 6.07) is 10.9. The van der Waals surface area contributed by atoms with Gasteiger partial charge in [-0.05, 0) is 64.1 Å². The molecule has 0 aliphatic carbocycles. The zero-order chi connectivity index (χ0) is 15.6. The summed E-state index contributed by atoms with van der Waals surface area (Å²) in [4.78, 5) is 14.2. The van der Waals surface area contributed by atoms with Gasteiger partial charge in [0.1, 0.15) is 6.10 Å². The molecule has 120 valence electrons. The van der Waals surface area contributed by atoms with Crippen molar-refractivity contribution in [3.8, 4) is 0 Å². The summed E-state index contributed by atoms with van der Waals surface area (Å²) < 4.78 is 5.49. The zero-order valence-electron chi connectivity index (χ0n) is 13.8. The number of rotatable bonds is 4. The highest BCUT2D eigenvalue weighted by Gasteiger charge is 2.41. The maximum atomic E-state index is 11.7. The number of cyclic esters (lactones) is 1. The Bertz CT molecular complexity index is 503. The summed E-state index contributed by atoms with van der Waals surface area (Å²) >= 11 is 0. The second kappa shape index (κ2) is 6.41. The van der Waals surface area contributed by atoms with E-state index in [1.807, 2.05) is 13.8 Å². The Morgan fingerprint density at radius 2 is 1.86 bits per heavy atom. The number of ether oxygens (including phenoxy) is 1. The maximum Gasteiger partial charge on any atom is 0.311 e. The number of hydrogen-bond acceptors (Lipinski definition) is 3. The van der Waals surface area contributed by atoms with E-state index in [1.165, 1.54) is 18.4 Å². The third-order valence-corrected chi connectivity index (χ3v) is 5.19. The van der Waals surface area contributed by atoms with E-state index in [2.05, 4.69) is 35.2 Å².